The van der Waals surface area contributed by atoms with Gasteiger partial charge < -0.3 is 9.88 Å². The number of carbonyl (C=O) groups excluding carboxylic acids is 2. The van der Waals surface area contributed by atoms with Crippen LogP contribution in [0.4, 0.5) is 4.39 Å². The number of aromatic nitrogens is 1. The maximum absolute atomic E-state index is 13.0. The van der Waals surface area contributed by atoms with E-state index in [1.807, 2.05) is 14.0 Å². The van der Waals surface area contributed by atoms with Gasteiger partial charge in [0.15, 0.2) is 11.8 Å². The average Bonchev–Trinajstić information content (AvgIpc) is 2.82. The van der Waals surface area contributed by atoms with Gasteiger partial charge in [-0.05, 0) is 45.4 Å². The SMILES string of the molecule is CC(=O)c1c(C)[nH]c(C(=O)[C@H](C)[NH+](C)Cc2ccc(F)cc2)c1C. The molecule has 1 aromatic carbocycles. The van der Waals surface area contributed by atoms with Crippen LogP contribution in [0.3, 0.4) is 0 Å². The molecule has 24 heavy (non-hydrogen) atoms. The number of carbonyl (C=O) groups is 2. The van der Waals surface area contributed by atoms with Gasteiger partial charge in [0.2, 0.25) is 5.78 Å². The first-order chi connectivity index (χ1) is 11.2. The molecule has 1 aromatic heterocycles. The maximum Gasteiger partial charge on any atom is 0.235 e. The molecule has 4 nitrogen and oxygen atoms in total. The van der Waals surface area contributed by atoms with Gasteiger partial charge in [-0.2, -0.15) is 0 Å². The summed E-state index contributed by atoms with van der Waals surface area (Å²) in [5.74, 6) is -0.336. The second kappa shape index (κ2) is 7.09. The smallest absolute Gasteiger partial charge is 0.235 e. The van der Waals surface area contributed by atoms with Gasteiger partial charge in [-0.3, -0.25) is 9.59 Å². The highest BCUT2D eigenvalue weighted by atomic mass is 19.1. The predicted octanol–water partition coefficient (Wildman–Crippen LogP) is 2.26. The average molecular weight is 331 g/mol. The highest BCUT2D eigenvalue weighted by Gasteiger charge is 2.28. The highest BCUT2D eigenvalue weighted by Crippen LogP contribution is 2.19. The number of benzene rings is 1. The summed E-state index contributed by atoms with van der Waals surface area (Å²) in [4.78, 5) is 28.6. The van der Waals surface area contributed by atoms with E-state index in [1.165, 1.54) is 19.1 Å². The summed E-state index contributed by atoms with van der Waals surface area (Å²) in [7, 11) is 1.93. The van der Waals surface area contributed by atoms with Crippen LogP contribution in [0.1, 0.15) is 51.5 Å². The molecule has 0 fully saturated rings. The van der Waals surface area contributed by atoms with Crippen molar-refractivity contribution in [3.05, 3.63) is 58.2 Å². The molecule has 2 aromatic rings. The molecule has 0 aliphatic carbocycles. The van der Waals surface area contributed by atoms with E-state index in [1.54, 1.807) is 26.0 Å². The van der Waals surface area contributed by atoms with Crippen LogP contribution in [0, 0.1) is 19.7 Å². The van der Waals surface area contributed by atoms with Gasteiger partial charge in [0.25, 0.3) is 0 Å². The number of halogens is 1. The summed E-state index contributed by atoms with van der Waals surface area (Å²) in [6.45, 7) is 7.60. The fourth-order valence-electron chi connectivity index (χ4n) is 3.04. The minimum absolute atomic E-state index is 0.0253. The standard InChI is InChI=1S/C19H23FN2O2/c1-11-17(14(4)23)12(2)21-18(11)19(24)13(3)22(5)10-15-6-8-16(20)9-7-15/h6-9,13,21H,10H2,1-5H3/p+1/t13-/m0/s1. The molecular formula is C19H24FN2O2+. The fraction of sp³-hybridized carbons (Fsp3) is 0.368. The Morgan fingerprint density at radius 1 is 1.21 bits per heavy atom. The number of likely N-dealkylation sites (N-methyl/N-ethyl adjacent to an activating group) is 1. The molecule has 1 heterocycles. The van der Waals surface area contributed by atoms with E-state index in [9.17, 15) is 14.0 Å². The molecule has 0 saturated heterocycles. The number of aryl methyl sites for hydroxylation is 1. The maximum atomic E-state index is 13.0. The van der Waals surface area contributed by atoms with Gasteiger partial charge in [0.1, 0.15) is 12.4 Å². The molecule has 0 aliphatic rings. The summed E-state index contributed by atoms with van der Waals surface area (Å²) >= 11 is 0. The number of H-pyrrole nitrogens is 1. The number of nitrogens with one attached hydrogen (secondary N) is 2. The normalized spacial score (nSPS) is 13.6. The Morgan fingerprint density at radius 2 is 1.79 bits per heavy atom. The van der Waals surface area contributed by atoms with Crippen molar-refractivity contribution >= 4 is 11.6 Å². The Bertz CT molecular complexity index is 762. The summed E-state index contributed by atoms with van der Waals surface area (Å²) in [5, 5.41) is 0. The van der Waals surface area contributed by atoms with Crippen molar-refractivity contribution in [2.24, 2.45) is 0 Å². The zero-order valence-electron chi connectivity index (χ0n) is 14.8. The monoisotopic (exact) mass is 331 g/mol. The van der Waals surface area contributed by atoms with Crippen LogP contribution in [0.2, 0.25) is 0 Å². The summed E-state index contributed by atoms with van der Waals surface area (Å²) in [5.41, 5.74) is 3.51. The van der Waals surface area contributed by atoms with Crippen molar-refractivity contribution in [2.75, 3.05) is 7.05 Å². The zero-order valence-corrected chi connectivity index (χ0v) is 14.8. The van der Waals surface area contributed by atoms with Gasteiger partial charge in [0.05, 0.1) is 12.7 Å². The molecule has 1 unspecified atom stereocenters. The molecule has 0 saturated carbocycles. The first kappa shape index (κ1) is 18.1. The summed E-state index contributed by atoms with van der Waals surface area (Å²) in [6, 6.07) is 6.02. The molecule has 0 amide bonds. The number of ketones is 2. The lowest BCUT2D eigenvalue weighted by atomic mass is 10.0. The van der Waals surface area contributed by atoms with E-state index in [0.29, 0.717) is 23.4 Å². The fourth-order valence-corrected chi connectivity index (χ4v) is 3.04. The van der Waals surface area contributed by atoms with Gasteiger partial charge in [0, 0.05) is 16.8 Å². The largest absolute Gasteiger partial charge is 0.355 e. The summed E-state index contributed by atoms with van der Waals surface area (Å²) in [6.07, 6.45) is 0. The van der Waals surface area contributed by atoms with Crippen molar-refractivity contribution in [3.8, 4) is 0 Å². The minimum Gasteiger partial charge on any atom is -0.355 e. The minimum atomic E-state index is -0.286. The quantitative estimate of drug-likeness (QED) is 0.798. The van der Waals surface area contributed by atoms with Crippen LogP contribution in [-0.4, -0.2) is 29.6 Å². The van der Waals surface area contributed by atoms with Crippen LogP contribution >= 0.6 is 0 Å². The lowest BCUT2D eigenvalue weighted by molar-refractivity contribution is -0.907. The Balaban J connectivity index is 2.18. The van der Waals surface area contributed by atoms with E-state index in [2.05, 4.69) is 4.98 Å². The van der Waals surface area contributed by atoms with E-state index in [-0.39, 0.29) is 23.4 Å². The number of Topliss-reactive ketones (excluding diaryl/α,β-unsaturated/α-hetero) is 2. The molecule has 0 radical (unpaired) electrons. The second-order valence-electron chi connectivity index (χ2n) is 6.42. The highest BCUT2D eigenvalue weighted by molar-refractivity contribution is 6.04. The number of quaternary nitrogens is 1. The number of rotatable bonds is 6. The molecule has 0 aliphatic heterocycles. The van der Waals surface area contributed by atoms with Crippen LogP contribution in [0.25, 0.3) is 0 Å². The zero-order chi connectivity index (χ0) is 18.0. The third-order valence-electron chi connectivity index (χ3n) is 4.56. The molecule has 0 bridgehead atoms. The van der Waals surface area contributed by atoms with Crippen LogP contribution in [0.5, 0.6) is 0 Å². The van der Waals surface area contributed by atoms with Crippen LogP contribution in [0.15, 0.2) is 24.3 Å². The molecular weight excluding hydrogens is 307 g/mol. The molecule has 2 N–H and O–H groups in total. The van der Waals surface area contributed by atoms with Crippen molar-refractivity contribution in [1.29, 1.82) is 0 Å². The van der Waals surface area contributed by atoms with Gasteiger partial charge in [-0.25, -0.2) is 4.39 Å². The van der Waals surface area contributed by atoms with E-state index in [4.69, 9.17) is 0 Å². The Kier molecular flexibility index (Phi) is 5.34. The molecule has 2 rings (SSSR count). The van der Waals surface area contributed by atoms with Crippen molar-refractivity contribution < 1.29 is 18.9 Å². The number of hydrogen-bond donors (Lipinski definition) is 2. The lowest BCUT2D eigenvalue weighted by Crippen LogP contribution is -3.12. The van der Waals surface area contributed by atoms with E-state index >= 15 is 0 Å². The van der Waals surface area contributed by atoms with Crippen molar-refractivity contribution in [1.82, 2.24) is 4.98 Å². The first-order valence-electron chi connectivity index (χ1n) is 8.03. The van der Waals surface area contributed by atoms with E-state index < -0.39 is 0 Å². The number of aromatic amines is 1. The Labute approximate surface area is 141 Å². The molecule has 2 atom stereocenters. The lowest BCUT2D eigenvalue weighted by Gasteiger charge is -2.20. The van der Waals surface area contributed by atoms with Crippen LogP contribution < -0.4 is 4.90 Å². The molecule has 128 valence electrons. The van der Waals surface area contributed by atoms with Crippen LogP contribution in [-0.2, 0) is 6.54 Å². The molecule has 5 heteroatoms. The topological polar surface area (TPSA) is 54.4 Å². The second-order valence-corrected chi connectivity index (χ2v) is 6.42. The van der Waals surface area contributed by atoms with Crippen molar-refractivity contribution in [3.63, 3.8) is 0 Å². The Hall–Kier alpha value is -2.27. The third kappa shape index (κ3) is 3.62. The van der Waals surface area contributed by atoms with E-state index in [0.717, 1.165) is 16.2 Å². The van der Waals surface area contributed by atoms with Gasteiger partial charge in [-0.1, -0.05) is 12.1 Å². The third-order valence-corrected chi connectivity index (χ3v) is 4.56. The first-order valence-corrected chi connectivity index (χ1v) is 8.03. The number of hydrogen-bond acceptors (Lipinski definition) is 2. The predicted molar refractivity (Wildman–Crippen MR) is 91.1 cm³/mol. The van der Waals surface area contributed by atoms with Gasteiger partial charge in [-0.15, -0.1) is 0 Å². The summed E-state index contributed by atoms with van der Waals surface area (Å²) < 4.78 is 13.0. The molecule has 0 spiro atoms. The van der Waals surface area contributed by atoms with Crippen molar-refractivity contribution in [2.45, 2.75) is 40.3 Å². The Morgan fingerprint density at radius 3 is 2.29 bits per heavy atom. The van der Waals surface area contributed by atoms with Gasteiger partial charge >= 0.3 is 0 Å².